The van der Waals surface area contributed by atoms with Crippen molar-refractivity contribution in [2.75, 3.05) is 13.2 Å². The average molecular weight is 515 g/mol. The van der Waals surface area contributed by atoms with Crippen LogP contribution < -0.4 is 21.7 Å². The number of rotatable bonds is 17. The number of ether oxygens (including phenoxy) is 1. The Morgan fingerprint density at radius 3 is 2.03 bits per heavy atom. The molecule has 0 rings (SSSR count). The zero-order chi connectivity index (χ0) is 28.3. The molecular weight excluding hydrogens is 468 g/mol. The van der Waals surface area contributed by atoms with E-state index in [4.69, 9.17) is 10.5 Å². The zero-order valence-electron chi connectivity index (χ0n) is 23.0. The Kier molecular flexibility index (Phi) is 13.8. The first kappa shape index (κ1) is 33.5. The lowest BCUT2D eigenvalue weighted by Crippen LogP contribution is -2.54. The van der Waals surface area contributed by atoms with E-state index in [1.54, 1.807) is 13.8 Å². The van der Waals surface area contributed by atoms with Gasteiger partial charge in [0.05, 0.1) is 31.2 Å². The van der Waals surface area contributed by atoms with E-state index >= 15 is 0 Å². The van der Waals surface area contributed by atoms with Crippen molar-refractivity contribution in [2.45, 2.75) is 104 Å². The summed E-state index contributed by atoms with van der Waals surface area (Å²) < 4.78 is 5.85. The number of nitrogens with one attached hydrogen (secondary N) is 3. The van der Waals surface area contributed by atoms with Crippen LogP contribution in [-0.4, -0.2) is 71.0 Å². The third-order valence-corrected chi connectivity index (χ3v) is 5.71. The molecule has 6 N–H and O–H groups in total. The highest BCUT2D eigenvalue weighted by Crippen LogP contribution is 2.21. The minimum atomic E-state index is -1.76. The fourth-order valence-electron chi connectivity index (χ4n) is 3.16. The standard InChI is InChI=1S/C25H46N4O7/c1-15(2)9-10-24(6,7)36-12-11-25(8,35)23(34)28-17(5)22(33)27-14-20(31)29-18(13-19(26)30)21(32)16(3)4/h15-18,35H,9-14H2,1-8H3,(H2,26,30)(H,27,33)(H,28,34)(H,29,31). The number of aliphatic hydroxyl groups is 1. The molecule has 36 heavy (non-hydrogen) atoms. The minimum Gasteiger partial charge on any atom is -0.380 e. The van der Waals surface area contributed by atoms with Crippen molar-refractivity contribution in [3.05, 3.63) is 0 Å². The molecule has 0 aromatic carbocycles. The molecule has 4 amide bonds. The quantitative estimate of drug-likeness (QED) is 0.188. The second-order valence-electron chi connectivity index (χ2n) is 10.8. The first-order valence-corrected chi connectivity index (χ1v) is 12.4. The molecule has 3 atom stereocenters. The molecule has 0 bridgehead atoms. The fraction of sp³-hybridized carbons (Fsp3) is 0.800. The van der Waals surface area contributed by atoms with Gasteiger partial charge in [-0.25, -0.2) is 0 Å². The van der Waals surface area contributed by atoms with Crippen LogP contribution in [0.5, 0.6) is 0 Å². The number of Topliss-reactive ketones (excluding diaryl/α,β-unsaturated/α-hetero) is 1. The van der Waals surface area contributed by atoms with Crippen molar-refractivity contribution in [3.8, 4) is 0 Å². The first-order chi connectivity index (χ1) is 16.4. The van der Waals surface area contributed by atoms with Gasteiger partial charge in [0.2, 0.25) is 17.7 Å². The van der Waals surface area contributed by atoms with Gasteiger partial charge in [0.1, 0.15) is 11.6 Å². The molecule has 0 radical (unpaired) electrons. The van der Waals surface area contributed by atoms with E-state index in [1.165, 1.54) is 13.8 Å². The molecule has 208 valence electrons. The van der Waals surface area contributed by atoms with E-state index in [-0.39, 0.29) is 30.8 Å². The number of carbonyl (C=O) groups is 5. The number of nitrogens with two attached hydrogens (primary N) is 1. The number of hydrogen-bond donors (Lipinski definition) is 5. The van der Waals surface area contributed by atoms with Gasteiger partial charge in [-0.1, -0.05) is 27.7 Å². The summed E-state index contributed by atoms with van der Waals surface area (Å²) in [5.74, 6) is -3.09. The van der Waals surface area contributed by atoms with Crippen LogP contribution in [0.1, 0.15) is 81.1 Å². The summed E-state index contributed by atoms with van der Waals surface area (Å²) in [6.45, 7) is 13.9. The van der Waals surface area contributed by atoms with Crippen LogP contribution in [-0.2, 0) is 28.7 Å². The molecular formula is C25H46N4O7. The van der Waals surface area contributed by atoms with Crippen LogP contribution in [0.2, 0.25) is 0 Å². The number of carbonyl (C=O) groups excluding carboxylic acids is 5. The molecule has 0 aliphatic rings. The monoisotopic (exact) mass is 514 g/mol. The molecule has 3 unspecified atom stereocenters. The summed E-state index contributed by atoms with van der Waals surface area (Å²) in [5, 5.41) is 17.7. The Labute approximate surface area is 214 Å². The van der Waals surface area contributed by atoms with Gasteiger partial charge < -0.3 is 31.5 Å². The summed E-state index contributed by atoms with van der Waals surface area (Å²) in [4.78, 5) is 60.4. The first-order valence-electron chi connectivity index (χ1n) is 12.4. The zero-order valence-corrected chi connectivity index (χ0v) is 23.0. The minimum absolute atomic E-state index is 0.0335. The summed E-state index contributed by atoms with van der Waals surface area (Å²) in [7, 11) is 0. The lowest BCUT2D eigenvalue weighted by molar-refractivity contribution is -0.144. The summed E-state index contributed by atoms with van der Waals surface area (Å²) in [5.41, 5.74) is 2.99. The normalized spacial score (nSPS) is 15.1. The summed E-state index contributed by atoms with van der Waals surface area (Å²) >= 11 is 0. The number of amides is 4. The molecule has 11 nitrogen and oxygen atoms in total. The lowest BCUT2D eigenvalue weighted by atomic mass is 9.96. The molecule has 0 saturated carbocycles. The fourth-order valence-corrected chi connectivity index (χ4v) is 3.16. The van der Waals surface area contributed by atoms with E-state index in [2.05, 4.69) is 29.8 Å². The predicted molar refractivity (Wildman–Crippen MR) is 136 cm³/mol. The predicted octanol–water partition coefficient (Wildman–Crippen LogP) is 0.565. The Morgan fingerprint density at radius 1 is 0.944 bits per heavy atom. The van der Waals surface area contributed by atoms with Crippen LogP contribution in [0.25, 0.3) is 0 Å². The van der Waals surface area contributed by atoms with Gasteiger partial charge in [0.15, 0.2) is 5.78 Å². The highest BCUT2D eigenvalue weighted by Gasteiger charge is 2.33. The van der Waals surface area contributed by atoms with E-state index in [0.29, 0.717) is 5.92 Å². The molecule has 0 saturated heterocycles. The van der Waals surface area contributed by atoms with Gasteiger partial charge >= 0.3 is 0 Å². The topological polar surface area (TPSA) is 177 Å². The largest absolute Gasteiger partial charge is 0.380 e. The summed E-state index contributed by atoms with van der Waals surface area (Å²) in [6, 6.07) is -2.13. The Balaban J connectivity index is 4.69. The van der Waals surface area contributed by atoms with Crippen LogP contribution in [0, 0.1) is 11.8 Å². The molecule has 0 fully saturated rings. The number of hydrogen-bond acceptors (Lipinski definition) is 7. The van der Waals surface area contributed by atoms with Gasteiger partial charge in [-0.05, 0) is 46.5 Å². The average Bonchev–Trinajstić information content (AvgIpc) is 2.74. The van der Waals surface area contributed by atoms with Crippen molar-refractivity contribution in [3.63, 3.8) is 0 Å². The van der Waals surface area contributed by atoms with Gasteiger partial charge in [-0.3, -0.25) is 24.0 Å². The molecule has 11 heteroatoms. The number of primary amides is 1. The molecule has 0 aliphatic heterocycles. The van der Waals surface area contributed by atoms with Crippen LogP contribution in [0.4, 0.5) is 0 Å². The Hall–Kier alpha value is -2.53. The van der Waals surface area contributed by atoms with E-state index in [9.17, 15) is 29.1 Å². The van der Waals surface area contributed by atoms with Gasteiger partial charge in [0, 0.05) is 12.3 Å². The maximum absolute atomic E-state index is 12.5. The molecule has 0 aromatic rings. The second-order valence-corrected chi connectivity index (χ2v) is 10.8. The van der Waals surface area contributed by atoms with Crippen molar-refractivity contribution >= 4 is 29.4 Å². The van der Waals surface area contributed by atoms with Gasteiger partial charge in [0.25, 0.3) is 5.91 Å². The molecule has 0 heterocycles. The van der Waals surface area contributed by atoms with Crippen molar-refractivity contribution < 1.29 is 33.8 Å². The SMILES string of the molecule is CC(C)CCC(C)(C)OCCC(C)(O)C(=O)NC(C)C(=O)NCC(=O)NC(CC(N)=O)C(=O)C(C)C. The highest BCUT2D eigenvalue weighted by molar-refractivity contribution is 5.96. The van der Waals surface area contributed by atoms with Crippen molar-refractivity contribution in [1.82, 2.24) is 16.0 Å². The van der Waals surface area contributed by atoms with Crippen LogP contribution in [0.15, 0.2) is 0 Å². The van der Waals surface area contributed by atoms with Crippen molar-refractivity contribution in [2.24, 2.45) is 17.6 Å². The Morgan fingerprint density at radius 2 is 1.53 bits per heavy atom. The van der Waals surface area contributed by atoms with E-state index in [0.717, 1.165) is 12.8 Å². The van der Waals surface area contributed by atoms with Crippen LogP contribution in [0.3, 0.4) is 0 Å². The third-order valence-electron chi connectivity index (χ3n) is 5.71. The Bertz CT molecular complexity index is 778. The molecule has 0 spiro atoms. The van der Waals surface area contributed by atoms with E-state index < -0.39 is 53.8 Å². The van der Waals surface area contributed by atoms with Gasteiger partial charge in [-0.2, -0.15) is 0 Å². The third kappa shape index (κ3) is 13.5. The summed E-state index contributed by atoms with van der Waals surface area (Å²) in [6.07, 6.45) is 1.52. The molecule has 0 aromatic heterocycles. The van der Waals surface area contributed by atoms with E-state index in [1.807, 2.05) is 13.8 Å². The highest BCUT2D eigenvalue weighted by atomic mass is 16.5. The number of ketones is 1. The smallest absolute Gasteiger partial charge is 0.252 e. The maximum Gasteiger partial charge on any atom is 0.252 e. The lowest BCUT2D eigenvalue weighted by Gasteiger charge is -2.29. The van der Waals surface area contributed by atoms with Crippen LogP contribution >= 0.6 is 0 Å². The maximum atomic E-state index is 12.5. The van der Waals surface area contributed by atoms with Gasteiger partial charge in [-0.15, -0.1) is 0 Å². The van der Waals surface area contributed by atoms with Crippen molar-refractivity contribution in [1.29, 1.82) is 0 Å². The molecule has 0 aliphatic carbocycles. The second kappa shape index (κ2) is 14.9.